The molecule has 4 aromatic carbocycles. The Bertz CT molecular complexity index is 3330. The summed E-state index contributed by atoms with van der Waals surface area (Å²) < 4.78 is 71.7. The number of rotatable bonds is 16. The summed E-state index contributed by atoms with van der Waals surface area (Å²) in [4.78, 5) is 75.5. The van der Waals surface area contributed by atoms with Gasteiger partial charge in [0.2, 0.25) is 0 Å². The van der Waals surface area contributed by atoms with Crippen LogP contribution in [0, 0.1) is 35.6 Å². The molecule has 86 heavy (non-hydrogen) atoms. The third kappa shape index (κ3) is 19.7. The van der Waals surface area contributed by atoms with Crippen molar-refractivity contribution in [1.82, 2.24) is 20.6 Å². The van der Waals surface area contributed by atoms with Crippen molar-refractivity contribution in [2.75, 3.05) is 26.4 Å². The highest BCUT2D eigenvalue weighted by Gasteiger charge is 2.43. The van der Waals surface area contributed by atoms with E-state index in [1.54, 1.807) is 109 Å². The Labute approximate surface area is 505 Å². The standard InChI is InChI=1S/2C18H18FN3O2S.C14H17FO3.C8H5F.C6H10O3/c2*1-4-24-17(23)14-11(2)21-15(16-20-9-10-25-16)22-18(14,3)12-5-7-13(19)8-6-12;1-4-18-14(17)13(10(3)16)9(2)11-5-7-12(15)8-6-11;1-2-7-3-5-8(9)6-4-7;1-3-9-6(8)4-5(2)7/h2*5-10H,4H2,1-3H3,(H,21,22);5-8,14,17H,4H2,1-3H3;1,3-6H;3-4H2,1-2H3/b;;13-9+;;. The average molecular weight is 1220 g/mol. The minimum absolute atomic E-state index is 0.103. The molecule has 6 aromatic rings. The molecule has 4 heterocycles. The third-order valence-corrected chi connectivity index (χ3v) is 13.9. The predicted octanol–water partition coefficient (Wildman–Crippen LogP) is 11.6. The van der Waals surface area contributed by atoms with Crippen LogP contribution >= 0.6 is 22.7 Å². The van der Waals surface area contributed by atoms with Gasteiger partial charge >= 0.3 is 17.9 Å². The first-order valence-corrected chi connectivity index (χ1v) is 28.6. The molecule has 8 rings (SSSR count). The Hall–Kier alpha value is -8.75. The van der Waals surface area contributed by atoms with Gasteiger partial charge in [0.15, 0.2) is 33.8 Å². The molecule has 2 aromatic heterocycles. The van der Waals surface area contributed by atoms with Gasteiger partial charge in [-0.15, -0.1) is 29.1 Å². The molecular formula is C64H68F4N6O10S2. The smallest absolute Gasteiger partial charge is 0.338 e. The first kappa shape index (κ1) is 69.7. The van der Waals surface area contributed by atoms with E-state index < -0.39 is 35.3 Å². The summed E-state index contributed by atoms with van der Waals surface area (Å²) in [5.41, 5.74) is 3.66. The molecule has 16 nitrogen and oxygen atoms in total. The van der Waals surface area contributed by atoms with E-state index in [2.05, 4.69) is 31.3 Å². The number of aliphatic imine (C=N–C) groups is 2. The van der Waals surface area contributed by atoms with Crippen molar-refractivity contribution in [2.24, 2.45) is 9.98 Å². The van der Waals surface area contributed by atoms with Crippen molar-refractivity contribution in [1.29, 1.82) is 0 Å². The molecule has 0 bridgehead atoms. The van der Waals surface area contributed by atoms with Crippen LogP contribution in [0.1, 0.15) is 115 Å². The SMILES string of the molecule is C#Cc1ccc(F)cc1.CCOC(=O)C1=C(C)NC(c2nccs2)=NC1(C)c1ccc(F)cc1.CCOC(=O)C1=C(C)NC(c2nccs2)=NC1(C)c1ccc(F)cc1.CCOC(=O)CC(C)=O.CCOC(O)/C(C(C)=O)=C(\C)c1ccc(F)cc1. The second-order valence-corrected chi connectivity index (χ2v) is 20.5. The second kappa shape index (κ2) is 33.7. The number of Topliss-reactive ketones (excluding diaryl/α,β-unsaturated/α-hetero) is 2. The van der Waals surface area contributed by atoms with Crippen LogP contribution in [-0.4, -0.2) is 88.9 Å². The van der Waals surface area contributed by atoms with E-state index in [1.807, 2.05) is 24.6 Å². The molecule has 2 aliphatic heterocycles. The van der Waals surface area contributed by atoms with Gasteiger partial charge < -0.3 is 34.7 Å². The second-order valence-electron chi connectivity index (χ2n) is 18.7. The number of carbonyl (C=O) groups is 5. The van der Waals surface area contributed by atoms with Crippen LogP contribution in [0.2, 0.25) is 0 Å². The maximum atomic E-state index is 13.4. The zero-order chi connectivity index (χ0) is 63.7. The van der Waals surface area contributed by atoms with Crippen LogP contribution in [0.3, 0.4) is 0 Å². The van der Waals surface area contributed by atoms with Gasteiger partial charge in [0.1, 0.15) is 46.6 Å². The number of thiazole rings is 2. The number of hydrogen-bond donors (Lipinski definition) is 3. The van der Waals surface area contributed by atoms with Gasteiger partial charge in [0, 0.05) is 46.7 Å². The minimum Gasteiger partial charge on any atom is -0.466 e. The van der Waals surface area contributed by atoms with Crippen molar-refractivity contribution < 1.29 is 65.6 Å². The normalized spacial score (nSPS) is 16.4. The molecular weight excluding hydrogens is 1150 g/mol. The molecule has 0 amide bonds. The topological polar surface area (TPSA) is 217 Å². The lowest BCUT2D eigenvalue weighted by Gasteiger charge is -2.34. The lowest BCUT2D eigenvalue weighted by Crippen LogP contribution is -2.41. The summed E-state index contributed by atoms with van der Waals surface area (Å²) in [6.45, 7) is 19.8. The number of halogens is 4. The van der Waals surface area contributed by atoms with E-state index >= 15 is 0 Å². The van der Waals surface area contributed by atoms with E-state index in [-0.39, 0.29) is 60.0 Å². The maximum Gasteiger partial charge on any atom is 0.338 e. The minimum atomic E-state index is -1.25. The number of terminal acetylenes is 1. The Balaban J connectivity index is 0.000000244. The molecule has 0 saturated carbocycles. The number of aromatic nitrogens is 2. The predicted molar refractivity (Wildman–Crippen MR) is 323 cm³/mol. The molecule has 3 N–H and O–H groups in total. The Morgan fingerprint density at radius 2 is 0.988 bits per heavy atom. The summed E-state index contributed by atoms with van der Waals surface area (Å²) >= 11 is 2.89. The van der Waals surface area contributed by atoms with Crippen LogP contribution in [-0.2, 0) is 54.0 Å². The number of amidine groups is 2. The van der Waals surface area contributed by atoms with E-state index in [4.69, 9.17) is 30.6 Å². The quantitative estimate of drug-likeness (QED) is 0.0156. The van der Waals surface area contributed by atoms with Crippen LogP contribution in [0.15, 0.2) is 158 Å². The number of aliphatic hydroxyl groups is 1. The summed E-state index contributed by atoms with van der Waals surface area (Å²) in [6.07, 6.45) is 7.06. The van der Waals surface area contributed by atoms with Gasteiger partial charge in [-0.1, -0.05) is 42.3 Å². The number of ketones is 2. The lowest BCUT2D eigenvalue weighted by molar-refractivity contribution is -0.145. The van der Waals surface area contributed by atoms with Crippen LogP contribution in [0.25, 0.3) is 5.57 Å². The monoisotopic (exact) mass is 1220 g/mol. The molecule has 3 unspecified atom stereocenters. The van der Waals surface area contributed by atoms with Gasteiger partial charge in [-0.2, -0.15) is 0 Å². The number of esters is 3. The maximum absolute atomic E-state index is 13.4. The molecule has 454 valence electrons. The fourth-order valence-corrected chi connectivity index (χ4v) is 9.63. The van der Waals surface area contributed by atoms with E-state index in [0.717, 1.165) is 10.0 Å². The van der Waals surface area contributed by atoms with Crippen LogP contribution < -0.4 is 10.6 Å². The van der Waals surface area contributed by atoms with Crippen molar-refractivity contribution in [2.45, 2.75) is 99.9 Å². The van der Waals surface area contributed by atoms with Gasteiger partial charge in [0.05, 0.1) is 36.5 Å². The summed E-state index contributed by atoms with van der Waals surface area (Å²) in [7, 11) is 0. The number of nitrogens with one attached hydrogen (secondary N) is 2. The summed E-state index contributed by atoms with van der Waals surface area (Å²) in [6, 6.07) is 23.5. The summed E-state index contributed by atoms with van der Waals surface area (Å²) in [5, 5.41) is 21.2. The molecule has 2 aliphatic rings. The van der Waals surface area contributed by atoms with Crippen LogP contribution in [0.4, 0.5) is 17.6 Å². The van der Waals surface area contributed by atoms with Crippen molar-refractivity contribution in [3.63, 3.8) is 0 Å². The zero-order valence-electron chi connectivity index (χ0n) is 49.5. The molecule has 22 heteroatoms. The number of carbonyl (C=O) groups excluding carboxylic acids is 5. The van der Waals surface area contributed by atoms with E-state index in [0.29, 0.717) is 75.3 Å². The van der Waals surface area contributed by atoms with Gasteiger partial charge in [-0.25, -0.2) is 47.1 Å². The van der Waals surface area contributed by atoms with Gasteiger partial charge in [0.25, 0.3) is 0 Å². The third-order valence-electron chi connectivity index (χ3n) is 12.4. The number of ether oxygens (including phenoxy) is 4. The van der Waals surface area contributed by atoms with Gasteiger partial charge in [-0.3, -0.25) is 14.4 Å². The highest BCUT2D eigenvalue weighted by Crippen LogP contribution is 2.40. The van der Waals surface area contributed by atoms with E-state index in [1.165, 1.54) is 85.1 Å². The van der Waals surface area contributed by atoms with Crippen molar-refractivity contribution >= 4 is 69.4 Å². The Kier molecular flexibility index (Phi) is 27.3. The van der Waals surface area contributed by atoms with Crippen LogP contribution in [0.5, 0.6) is 0 Å². The van der Waals surface area contributed by atoms with Crippen molar-refractivity contribution in [3.8, 4) is 12.3 Å². The molecule has 0 fully saturated rings. The van der Waals surface area contributed by atoms with Crippen molar-refractivity contribution in [3.05, 3.63) is 204 Å². The highest BCUT2D eigenvalue weighted by atomic mass is 32.1. The Morgan fingerprint density at radius 1 is 0.605 bits per heavy atom. The fraction of sp³-hybridized carbons (Fsp3) is 0.297. The molecule has 0 radical (unpaired) electrons. The number of benzene rings is 4. The number of aliphatic hydroxyl groups excluding tert-OH is 1. The number of nitrogens with zero attached hydrogens (tertiary/aromatic N) is 4. The lowest BCUT2D eigenvalue weighted by atomic mass is 9.82. The average Bonchev–Trinajstić information content (AvgIpc) is 1.33. The first-order valence-electron chi connectivity index (χ1n) is 26.8. The number of hydrogen-bond acceptors (Lipinski definition) is 18. The molecule has 0 aliphatic carbocycles. The largest absolute Gasteiger partial charge is 0.466 e. The Morgan fingerprint density at radius 3 is 1.31 bits per heavy atom. The summed E-state index contributed by atoms with van der Waals surface area (Å²) in [5.74, 6) is 0.500. The fourth-order valence-electron chi connectivity index (χ4n) is 8.47. The number of allylic oxidation sites excluding steroid dienone is 3. The first-order chi connectivity index (χ1) is 40.9. The molecule has 3 atom stereocenters. The highest BCUT2D eigenvalue weighted by molar-refractivity contribution is 7.12. The molecule has 0 saturated heterocycles. The zero-order valence-corrected chi connectivity index (χ0v) is 51.1. The van der Waals surface area contributed by atoms with E-state index in [9.17, 15) is 46.6 Å². The molecule has 0 spiro atoms. The van der Waals surface area contributed by atoms with Gasteiger partial charge in [-0.05, 0) is 159 Å².